The molecule has 1 amide bonds. The van der Waals surface area contributed by atoms with Gasteiger partial charge >= 0.3 is 0 Å². The van der Waals surface area contributed by atoms with Crippen LogP contribution in [-0.2, 0) is 16.1 Å². The van der Waals surface area contributed by atoms with Crippen LogP contribution in [0.5, 0.6) is 11.5 Å². The molecule has 2 aliphatic rings. The molecule has 6 nitrogen and oxygen atoms in total. The van der Waals surface area contributed by atoms with Gasteiger partial charge in [-0.3, -0.25) is 4.79 Å². The van der Waals surface area contributed by atoms with E-state index in [1.165, 1.54) is 0 Å². The quantitative estimate of drug-likeness (QED) is 0.845. The van der Waals surface area contributed by atoms with Gasteiger partial charge in [0.25, 0.3) is 5.91 Å². The molecule has 2 aliphatic heterocycles. The first-order valence-electron chi connectivity index (χ1n) is 8.78. The van der Waals surface area contributed by atoms with E-state index in [1.807, 2.05) is 35.2 Å². The number of rotatable bonds is 4. The molecule has 0 saturated carbocycles. The van der Waals surface area contributed by atoms with Crippen LogP contribution in [0.3, 0.4) is 0 Å². The molecule has 0 radical (unpaired) electrons. The van der Waals surface area contributed by atoms with Crippen molar-refractivity contribution in [2.24, 2.45) is 0 Å². The average molecular weight is 354 g/mol. The highest BCUT2D eigenvalue weighted by atomic mass is 16.7. The maximum absolute atomic E-state index is 12.5. The molecule has 136 valence electrons. The number of fused-ring (bicyclic) bond motifs is 2. The van der Waals surface area contributed by atoms with Gasteiger partial charge in [0.1, 0.15) is 6.61 Å². The topological polar surface area (TPSA) is 51.2 Å². The third-order valence-electron chi connectivity index (χ3n) is 4.70. The summed E-state index contributed by atoms with van der Waals surface area (Å²) in [4.78, 5) is 16.6. The molecule has 0 bridgehead atoms. The molecule has 4 rings (SSSR count). The van der Waals surface area contributed by atoms with E-state index < -0.39 is 0 Å². The maximum atomic E-state index is 12.5. The number of benzene rings is 2. The van der Waals surface area contributed by atoms with Crippen molar-refractivity contribution in [3.8, 4) is 11.5 Å². The summed E-state index contributed by atoms with van der Waals surface area (Å²) in [5.74, 6) is 1.58. The van der Waals surface area contributed by atoms with Crippen LogP contribution in [0.25, 0.3) is 0 Å². The summed E-state index contributed by atoms with van der Waals surface area (Å²) < 4.78 is 15.9. The van der Waals surface area contributed by atoms with E-state index in [2.05, 4.69) is 17.0 Å². The lowest BCUT2D eigenvalue weighted by molar-refractivity contribution is -0.122. The molecule has 2 heterocycles. The molecule has 0 aliphatic carbocycles. The molecular weight excluding hydrogens is 332 g/mol. The first kappa shape index (κ1) is 16.7. The molecule has 2 aromatic rings. The van der Waals surface area contributed by atoms with E-state index in [-0.39, 0.29) is 19.3 Å². The zero-order chi connectivity index (χ0) is 17.9. The Hall–Kier alpha value is -2.73. The standard InChI is InChI=1S/C20H22N2O4/c1-24-13-20(23)22-10-4-9-21(16-5-2-3-6-17(16)22)12-15-7-8-18-19(11-15)26-14-25-18/h2-3,5-8,11H,4,9-10,12-14H2,1H3. The van der Waals surface area contributed by atoms with Gasteiger partial charge in [-0.2, -0.15) is 0 Å². The van der Waals surface area contributed by atoms with Crippen molar-refractivity contribution in [2.45, 2.75) is 13.0 Å². The highest BCUT2D eigenvalue weighted by Crippen LogP contribution is 2.36. The molecule has 0 saturated heterocycles. The van der Waals surface area contributed by atoms with Gasteiger partial charge in [-0.25, -0.2) is 0 Å². The number of methoxy groups -OCH3 is 1. The lowest BCUT2D eigenvalue weighted by atomic mass is 10.1. The third kappa shape index (κ3) is 3.20. The van der Waals surface area contributed by atoms with Gasteiger partial charge in [0.2, 0.25) is 6.79 Å². The number of carbonyl (C=O) groups excluding carboxylic acids is 1. The molecule has 0 spiro atoms. The van der Waals surface area contributed by atoms with E-state index in [0.29, 0.717) is 6.54 Å². The van der Waals surface area contributed by atoms with Gasteiger partial charge in [0.05, 0.1) is 11.4 Å². The molecule has 6 heteroatoms. The van der Waals surface area contributed by atoms with Crippen molar-refractivity contribution in [1.29, 1.82) is 0 Å². The highest BCUT2D eigenvalue weighted by molar-refractivity contribution is 5.97. The molecule has 0 unspecified atom stereocenters. The summed E-state index contributed by atoms with van der Waals surface area (Å²) in [5, 5.41) is 0. The fourth-order valence-corrected chi connectivity index (χ4v) is 3.50. The third-order valence-corrected chi connectivity index (χ3v) is 4.70. The SMILES string of the molecule is COCC(=O)N1CCCN(Cc2ccc3c(c2)OCO3)c2ccccc21. The summed E-state index contributed by atoms with van der Waals surface area (Å²) in [5.41, 5.74) is 3.15. The van der Waals surface area contributed by atoms with Crippen LogP contribution >= 0.6 is 0 Å². The number of hydrogen-bond donors (Lipinski definition) is 0. The molecule has 0 fully saturated rings. The van der Waals surface area contributed by atoms with Crippen molar-refractivity contribution < 1.29 is 19.0 Å². The average Bonchev–Trinajstić information content (AvgIpc) is 3.04. The lowest BCUT2D eigenvalue weighted by Crippen LogP contribution is -2.34. The van der Waals surface area contributed by atoms with Crippen molar-refractivity contribution in [3.05, 3.63) is 48.0 Å². The highest BCUT2D eigenvalue weighted by Gasteiger charge is 2.25. The number of nitrogens with zero attached hydrogens (tertiary/aromatic N) is 2. The smallest absolute Gasteiger partial charge is 0.253 e. The Kier molecular flexibility index (Phi) is 4.67. The summed E-state index contributed by atoms with van der Waals surface area (Å²) in [6.45, 7) is 2.69. The normalized spacial score (nSPS) is 15.6. The minimum absolute atomic E-state index is 0.00937. The van der Waals surface area contributed by atoms with Gasteiger partial charge < -0.3 is 24.0 Å². The van der Waals surface area contributed by atoms with E-state index in [1.54, 1.807) is 7.11 Å². The summed E-state index contributed by atoms with van der Waals surface area (Å²) in [6, 6.07) is 14.1. The number of carbonyl (C=O) groups is 1. The van der Waals surface area contributed by atoms with Gasteiger partial charge in [0, 0.05) is 26.7 Å². The Morgan fingerprint density at radius 2 is 1.88 bits per heavy atom. The second-order valence-electron chi connectivity index (χ2n) is 6.43. The van der Waals surface area contributed by atoms with Crippen molar-refractivity contribution in [2.75, 3.05) is 43.4 Å². The van der Waals surface area contributed by atoms with Gasteiger partial charge in [0.15, 0.2) is 11.5 Å². The Balaban J connectivity index is 1.62. The Labute approximate surface area is 152 Å². The minimum atomic E-state index is -0.00937. The van der Waals surface area contributed by atoms with Crippen LogP contribution < -0.4 is 19.3 Å². The Morgan fingerprint density at radius 3 is 2.73 bits per heavy atom. The van der Waals surface area contributed by atoms with Crippen molar-refractivity contribution >= 4 is 17.3 Å². The van der Waals surface area contributed by atoms with E-state index in [4.69, 9.17) is 14.2 Å². The number of ether oxygens (including phenoxy) is 3. The molecule has 2 aromatic carbocycles. The fraction of sp³-hybridized carbons (Fsp3) is 0.350. The predicted octanol–water partition coefficient (Wildman–Crippen LogP) is 2.81. The number of anilines is 2. The van der Waals surface area contributed by atoms with Crippen LogP contribution in [0.1, 0.15) is 12.0 Å². The Bertz CT molecular complexity index is 808. The van der Waals surface area contributed by atoms with Gasteiger partial charge in [-0.1, -0.05) is 18.2 Å². The van der Waals surface area contributed by atoms with Crippen molar-refractivity contribution in [1.82, 2.24) is 0 Å². The molecule has 0 N–H and O–H groups in total. The van der Waals surface area contributed by atoms with E-state index in [0.717, 1.165) is 47.9 Å². The zero-order valence-electron chi connectivity index (χ0n) is 14.8. The first-order valence-corrected chi connectivity index (χ1v) is 8.78. The summed E-state index contributed by atoms with van der Waals surface area (Å²) in [7, 11) is 1.55. The second kappa shape index (κ2) is 7.25. The van der Waals surface area contributed by atoms with Crippen LogP contribution in [-0.4, -0.2) is 39.5 Å². The van der Waals surface area contributed by atoms with E-state index >= 15 is 0 Å². The zero-order valence-corrected chi connectivity index (χ0v) is 14.8. The molecule has 0 aromatic heterocycles. The molecular formula is C20H22N2O4. The van der Waals surface area contributed by atoms with Gasteiger partial charge in [-0.05, 0) is 36.2 Å². The van der Waals surface area contributed by atoms with Gasteiger partial charge in [-0.15, -0.1) is 0 Å². The number of amides is 1. The van der Waals surface area contributed by atoms with Crippen LogP contribution in [0.2, 0.25) is 0 Å². The number of hydrogen-bond acceptors (Lipinski definition) is 5. The first-order chi connectivity index (χ1) is 12.8. The van der Waals surface area contributed by atoms with Crippen LogP contribution in [0.15, 0.2) is 42.5 Å². The van der Waals surface area contributed by atoms with E-state index in [9.17, 15) is 4.79 Å². The Morgan fingerprint density at radius 1 is 1.08 bits per heavy atom. The predicted molar refractivity (Wildman–Crippen MR) is 98.9 cm³/mol. The maximum Gasteiger partial charge on any atom is 0.253 e. The lowest BCUT2D eigenvalue weighted by Gasteiger charge is -2.27. The minimum Gasteiger partial charge on any atom is -0.454 e. The molecule has 26 heavy (non-hydrogen) atoms. The largest absolute Gasteiger partial charge is 0.454 e. The summed E-state index contributed by atoms with van der Waals surface area (Å²) in [6.07, 6.45) is 0.898. The van der Waals surface area contributed by atoms with Crippen LogP contribution in [0.4, 0.5) is 11.4 Å². The van der Waals surface area contributed by atoms with Crippen molar-refractivity contribution in [3.63, 3.8) is 0 Å². The summed E-state index contributed by atoms with van der Waals surface area (Å²) >= 11 is 0. The fourth-order valence-electron chi connectivity index (χ4n) is 3.50. The number of para-hydroxylation sites is 2. The monoisotopic (exact) mass is 354 g/mol. The second-order valence-corrected chi connectivity index (χ2v) is 6.43. The van der Waals surface area contributed by atoms with Crippen LogP contribution in [0, 0.1) is 0 Å². The molecule has 0 atom stereocenters.